The van der Waals surface area contributed by atoms with Crippen LogP contribution in [0.25, 0.3) is 0 Å². The van der Waals surface area contributed by atoms with Crippen LogP contribution in [0.1, 0.15) is 51.0 Å². The molecule has 1 saturated carbocycles. The van der Waals surface area contributed by atoms with Gasteiger partial charge in [0, 0.05) is 30.3 Å². The quantitative estimate of drug-likeness (QED) is 0.686. The fraction of sp³-hybridized carbons (Fsp3) is 0.429. The number of carbonyl (C=O) groups excluding carboxylic acids is 1. The van der Waals surface area contributed by atoms with Crippen molar-refractivity contribution in [3.05, 3.63) is 35.0 Å². The van der Waals surface area contributed by atoms with Gasteiger partial charge >= 0.3 is 6.09 Å². The minimum absolute atomic E-state index is 0.0156. The smallest absolute Gasteiger partial charge is 0.418 e. The van der Waals surface area contributed by atoms with Crippen LogP contribution in [0, 0.1) is 0 Å². The lowest BCUT2D eigenvalue weighted by Crippen LogP contribution is -2.30. The van der Waals surface area contributed by atoms with Crippen LogP contribution in [0.5, 0.6) is 0 Å². The Balaban J connectivity index is 1.82. The van der Waals surface area contributed by atoms with Gasteiger partial charge in [0.2, 0.25) is 11.9 Å². The number of nitrogens with zero attached hydrogens (tertiary/aromatic N) is 4. The summed E-state index contributed by atoms with van der Waals surface area (Å²) in [4.78, 5) is 36.1. The molecule has 1 aliphatic heterocycles. The third-order valence-electron chi connectivity index (χ3n) is 5.28. The summed E-state index contributed by atoms with van der Waals surface area (Å²) < 4.78 is 0. The average Bonchev–Trinajstić information content (AvgIpc) is 3.41. The molecule has 1 aromatic heterocycles. The SMILES string of the molecule is CC(C)c1c(N2CCCC2=O)cccc1N(C(=O)O)c1ncc(Cl)c(NC2CC2)n1. The Bertz CT molecular complexity index is 993. The van der Waals surface area contributed by atoms with Gasteiger partial charge in [0.15, 0.2) is 5.82 Å². The summed E-state index contributed by atoms with van der Waals surface area (Å²) >= 11 is 6.21. The molecule has 1 aromatic carbocycles. The standard InChI is InChI=1S/C21H24ClN5O3/c1-12(2)18-15(26-10-4-7-17(26)28)5-3-6-16(18)27(21(29)30)20-23-11-14(22)19(25-20)24-13-8-9-13/h3,5-6,11-13H,4,7-10H2,1-2H3,(H,29,30)(H,23,24,25). The highest BCUT2D eigenvalue weighted by Gasteiger charge is 2.31. The number of hydrogen-bond donors (Lipinski definition) is 2. The molecule has 4 rings (SSSR count). The molecule has 0 unspecified atom stereocenters. The second kappa shape index (κ2) is 8.10. The monoisotopic (exact) mass is 429 g/mol. The van der Waals surface area contributed by atoms with Crippen molar-refractivity contribution in [2.75, 3.05) is 21.7 Å². The number of rotatable bonds is 6. The molecule has 8 nitrogen and oxygen atoms in total. The van der Waals surface area contributed by atoms with Crippen molar-refractivity contribution in [2.45, 2.75) is 51.5 Å². The predicted octanol–water partition coefficient (Wildman–Crippen LogP) is 4.77. The molecule has 0 bridgehead atoms. The van der Waals surface area contributed by atoms with E-state index < -0.39 is 6.09 Å². The zero-order valence-corrected chi connectivity index (χ0v) is 17.7. The molecule has 2 fully saturated rings. The molecule has 1 aliphatic carbocycles. The summed E-state index contributed by atoms with van der Waals surface area (Å²) in [5.74, 6) is 0.464. The van der Waals surface area contributed by atoms with Crippen LogP contribution in [0.15, 0.2) is 24.4 Å². The van der Waals surface area contributed by atoms with Crippen LogP contribution >= 0.6 is 11.6 Å². The van der Waals surface area contributed by atoms with Gasteiger partial charge in [-0.3, -0.25) is 4.79 Å². The van der Waals surface area contributed by atoms with Crippen molar-refractivity contribution in [1.29, 1.82) is 0 Å². The van der Waals surface area contributed by atoms with E-state index in [0.717, 1.165) is 35.4 Å². The molecule has 30 heavy (non-hydrogen) atoms. The maximum Gasteiger partial charge on any atom is 0.418 e. The molecule has 0 radical (unpaired) electrons. The lowest BCUT2D eigenvalue weighted by Gasteiger charge is -2.28. The fourth-order valence-electron chi connectivity index (χ4n) is 3.75. The maximum atomic E-state index is 12.4. The lowest BCUT2D eigenvalue weighted by molar-refractivity contribution is -0.117. The summed E-state index contributed by atoms with van der Waals surface area (Å²) in [5.41, 5.74) is 1.95. The summed E-state index contributed by atoms with van der Waals surface area (Å²) in [6.07, 6.45) is 3.55. The number of hydrogen-bond acceptors (Lipinski definition) is 5. The predicted molar refractivity (Wildman–Crippen MR) is 116 cm³/mol. The van der Waals surface area contributed by atoms with Crippen LogP contribution in [-0.2, 0) is 4.79 Å². The van der Waals surface area contributed by atoms with E-state index in [9.17, 15) is 14.7 Å². The largest absolute Gasteiger partial charge is 0.464 e. The number of aromatic nitrogens is 2. The van der Waals surface area contributed by atoms with E-state index in [1.165, 1.54) is 6.20 Å². The molecular formula is C21H24ClN5O3. The van der Waals surface area contributed by atoms with Crippen molar-refractivity contribution in [3.63, 3.8) is 0 Å². The first-order valence-corrected chi connectivity index (χ1v) is 10.5. The molecule has 2 N–H and O–H groups in total. The first-order chi connectivity index (χ1) is 14.4. The first-order valence-electron chi connectivity index (χ1n) is 10.1. The number of anilines is 4. The zero-order chi connectivity index (χ0) is 21.4. The van der Waals surface area contributed by atoms with Crippen LogP contribution in [0.4, 0.5) is 27.9 Å². The Morgan fingerprint density at radius 3 is 2.73 bits per heavy atom. The summed E-state index contributed by atoms with van der Waals surface area (Å²) in [5, 5.41) is 13.6. The summed E-state index contributed by atoms with van der Waals surface area (Å²) in [6, 6.07) is 5.65. The minimum atomic E-state index is -1.21. The number of carboxylic acid groups (broad SMARTS) is 1. The van der Waals surface area contributed by atoms with Crippen LogP contribution < -0.4 is 15.1 Å². The van der Waals surface area contributed by atoms with Crippen molar-refractivity contribution in [1.82, 2.24) is 9.97 Å². The van der Waals surface area contributed by atoms with Crippen LogP contribution in [0.3, 0.4) is 0 Å². The van der Waals surface area contributed by atoms with Crippen LogP contribution in [-0.4, -0.2) is 39.7 Å². The van der Waals surface area contributed by atoms with E-state index in [1.54, 1.807) is 17.0 Å². The van der Waals surface area contributed by atoms with Gasteiger partial charge in [-0.15, -0.1) is 0 Å². The number of halogens is 1. The van der Waals surface area contributed by atoms with Gasteiger partial charge in [0.05, 0.1) is 11.9 Å². The normalized spacial score (nSPS) is 16.3. The Labute approximate surface area is 179 Å². The number of benzene rings is 1. The number of carbonyl (C=O) groups is 2. The molecule has 158 valence electrons. The van der Waals surface area contributed by atoms with Crippen molar-refractivity contribution in [3.8, 4) is 0 Å². The van der Waals surface area contributed by atoms with E-state index in [0.29, 0.717) is 35.5 Å². The second-order valence-electron chi connectivity index (χ2n) is 7.92. The Morgan fingerprint density at radius 1 is 1.37 bits per heavy atom. The average molecular weight is 430 g/mol. The third kappa shape index (κ3) is 3.92. The van der Waals surface area contributed by atoms with Gasteiger partial charge in [0.1, 0.15) is 5.02 Å². The van der Waals surface area contributed by atoms with Gasteiger partial charge in [-0.05, 0) is 37.3 Å². The van der Waals surface area contributed by atoms with Crippen molar-refractivity contribution < 1.29 is 14.7 Å². The Morgan fingerprint density at radius 2 is 2.13 bits per heavy atom. The lowest BCUT2D eigenvalue weighted by atomic mass is 9.97. The maximum absolute atomic E-state index is 12.4. The molecular weight excluding hydrogens is 406 g/mol. The highest BCUT2D eigenvalue weighted by molar-refractivity contribution is 6.32. The molecule has 9 heteroatoms. The fourth-order valence-corrected chi connectivity index (χ4v) is 3.90. The van der Waals surface area contributed by atoms with Crippen molar-refractivity contribution in [2.24, 2.45) is 0 Å². The van der Waals surface area contributed by atoms with E-state index >= 15 is 0 Å². The van der Waals surface area contributed by atoms with Gasteiger partial charge in [-0.2, -0.15) is 4.98 Å². The topological polar surface area (TPSA) is 98.7 Å². The second-order valence-corrected chi connectivity index (χ2v) is 8.32. The summed E-state index contributed by atoms with van der Waals surface area (Å²) in [6.45, 7) is 4.58. The summed E-state index contributed by atoms with van der Waals surface area (Å²) in [7, 11) is 0. The first kappa shape index (κ1) is 20.4. The Kier molecular flexibility index (Phi) is 5.51. The van der Waals surface area contributed by atoms with E-state index in [4.69, 9.17) is 11.6 Å². The highest BCUT2D eigenvalue weighted by Crippen LogP contribution is 2.40. The Hall–Kier alpha value is -2.87. The molecule has 2 heterocycles. The third-order valence-corrected chi connectivity index (χ3v) is 5.56. The molecule has 0 atom stereocenters. The van der Waals surface area contributed by atoms with Crippen LogP contribution in [0.2, 0.25) is 5.02 Å². The molecule has 2 aromatic rings. The van der Waals surface area contributed by atoms with E-state index in [1.807, 2.05) is 19.9 Å². The van der Waals surface area contributed by atoms with Crippen molar-refractivity contribution >= 4 is 46.7 Å². The molecule has 1 saturated heterocycles. The molecule has 0 spiro atoms. The number of nitrogens with one attached hydrogen (secondary N) is 1. The minimum Gasteiger partial charge on any atom is -0.464 e. The van der Waals surface area contributed by atoms with Gasteiger partial charge in [-0.1, -0.05) is 31.5 Å². The van der Waals surface area contributed by atoms with E-state index in [-0.39, 0.29) is 17.8 Å². The van der Waals surface area contributed by atoms with Gasteiger partial charge in [-0.25, -0.2) is 14.7 Å². The zero-order valence-electron chi connectivity index (χ0n) is 16.9. The molecule has 2 aliphatic rings. The highest BCUT2D eigenvalue weighted by atomic mass is 35.5. The van der Waals surface area contributed by atoms with E-state index in [2.05, 4.69) is 15.3 Å². The molecule has 2 amide bonds. The number of amides is 2. The van der Waals surface area contributed by atoms with Gasteiger partial charge < -0.3 is 15.3 Å². The van der Waals surface area contributed by atoms with Gasteiger partial charge in [0.25, 0.3) is 0 Å².